The van der Waals surface area contributed by atoms with Crippen LogP contribution in [0.15, 0.2) is 12.2 Å². The molecule has 0 aromatic rings. The molecule has 2 saturated carbocycles. The molecule has 0 bridgehead atoms. The summed E-state index contributed by atoms with van der Waals surface area (Å²) in [5, 5.41) is 0. The van der Waals surface area contributed by atoms with Crippen LogP contribution in [0.5, 0.6) is 0 Å². The highest BCUT2D eigenvalue weighted by Crippen LogP contribution is 2.74. The van der Waals surface area contributed by atoms with E-state index in [0.29, 0.717) is 11.5 Å². The van der Waals surface area contributed by atoms with Crippen LogP contribution >= 0.6 is 0 Å². The molecule has 3 aliphatic rings. The second-order valence-corrected chi connectivity index (χ2v) is 3.77. The first-order chi connectivity index (χ1) is 4.34. The van der Waals surface area contributed by atoms with E-state index in [4.69, 9.17) is 5.73 Å². The van der Waals surface area contributed by atoms with E-state index in [1.165, 1.54) is 12.8 Å². The highest BCUT2D eigenvalue weighted by atomic mass is 14.8. The highest BCUT2D eigenvalue weighted by Gasteiger charge is 2.70. The van der Waals surface area contributed by atoms with Gasteiger partial charge in [-0.2, -0.15) is 0 Å². The van der Waals surface area contributed by atoms with Gasteiger partial charge in [-0.15, -0.1) is 0 Å². The standard InChI is InChI=1S/C8H11N/c9-7-2-1-5-3-6-4-8(5,6)7/h1-2,5-7H,3-4,9H2/t5?,6?,7-,8+/m1/s1. The van der Waals surface area contributed by atoms with Crippen molar-refractivity contribution in [2.45, 2.75) is 18.9 Å². The van der Waals surface area contributed by atoms with Gasteiger partial charge in [0.2, 0.25) is 0 Å². The minimum absolute atomic E-state index is 0.418. The average Bonchev–Trinajstić information content (AvgIpc) is 2.27. The Labute approximate surface area is 54.9 Å². The van der Waals surface area contributed by atoms with Gasteiger partial charge in [-0.3, -0.25) is 0 Å². The van der Waals surface area contributed by atoms with Gasteiger partial charge < -0.3 is 5.73 Å². The Balaban J connectivity index is 2.06. The lowest BCUT2D eigenvalue weighted by atomic mass is 9.74. The van der Waals surface area contributed by atoms with Crippen molar-refractivity contribution in [2.75, 3.05) is 0 Å². The molecule has 3 rings (SSSR count). The minimum atomic E-state index is 0.418. The summed E-state index contributed by atoms with van der Waals surface area (Å²) in [7, 11) is 0. The molecule has 3 aliphatic carbocycles. The quantitative estimate of drug-likeness (QED) is 0.474. The summed E-state index contributed by atoms with van der Waals surface area (Å²) >= 11 is 0. The van der Waals surface area contributed by atoms with Crippen molar-refractivity contribution >= 4 is 0 Å². The smallest absolute Gasteiger partial charge is 0.0289 e. The van der Waals surface area contributed by atoms with E-state index in [0.717, 1.165) is 11.8 Å². The molecule has 9 heavy (non-hydrogen) atoms. The molecule has 0 heterocycles. The Morgan fingerprint density at radius 2 is 2.33 bits per heavy atom. The lowest BCUT2D eigenvalue weighted by Gasteiger charge is -2.32. The van der Waals surface area contributed by atoms with Crippen molar-refractivity contribution < 1.29 is 0 Å². The molecule has 2 N–H and O–H groups in total. The maximum atomic E-state index is 5.91. The van der Waals surface area contributed by atoms with Gasteiger partial charge in [-0.05, 0) is 30.1 Å². The molecular weight excluding hydrogens is 110 g/mol. The Kier molecular flexibility index (Phi) is 0.495. The van der Waals surface area contributed by atoms with Crippen LogP contribution in [0.25, 0.3) is 0 Å². The minimum Gasteiger partial charge on any atom is -0.324 e. The van der Waals surface area contributed by atoms with Crippen molar-refractivity contribution in [3.8, 4) is 0 Å². The van der Waals surface area contributed by atoms with E-state index < -0.39 is 0 Å². The van der Waals surface area contributed by atoms with Crippen molar-refractivity contribution in [3.05, 3.63) is 12.2 Å². The molecule has 0 aromatic heterocycles. The fourth-order valence-corrected chi connectivity index (χ4v) is 2.84. The molecular formula is C8H11N. The maximum Gasteiger partial charge on any atom is 0.0289 e. The Hall–Kier alpha value is -0.300. The fourth-order valence-electron chi connectivity index (χ4n) is 2.84. The number of hydrogen-bond donors (Lipinski definition) is 1. The summed E-state index contributed by atoms with van der Waals surface area (Å²) < 4.78 is 0. The number of rotatable bonds is 0. The van der Waals surface area contributed by atoms with Gasteiger partial charge in [-0.1, -0.05) is 12.2 Å². The maximum absolute atomic E-state index is 5.91. The normalized spacial score (nSPS) is 66.6. The summed E-state index contributed by atoms with van der Waals surface area (Å²) in [6, 6.07) is 0.418. The predicted molar refractivity (Wildman–Crippen MR) is 35.8 cm³/mol. The van der Waals surface area contributed by atoms with Gasteiger partial charge in [0.05, 0.1) is 0 Å². The first-order valence-corrected chi connectivity index (χ1v) is 3.78. The third-order valence-electron chi connectivity index (χ3n) is 3.60. The number of allylic oxidation sites excluding steroid dienone is 1. The molecule has 0 amide bonds. The van der Waals surface area contributed by atoms with Gasteiger partial charge in [0.1, 0.15) is 0 Å². The lowest BCUT2D eigenvalue weighted by Crippen LogP contribution is -2.37. The zero-order valence-corrected chi connectivity index (χ0v) is 5.38. The highest BCUT2D eigenvalue weighted by molar-refractivity contribution is 5.33. The van der Waals surface area contributed by atoms with Gasteiger partial charge in [-0.25, -0.2) is 0 Å². The average molecular weight is 121 g/mol. The largest absolute Gasteiger partial charge is 0.324 e. The van der Waals surface area contributed by atoms with Crippen molar-refractivity contribution in [1.82, 2.24) is 0 Å². The molecule has 2 fully saturated rings. The Bertz CT molecular complexity index is 187. The molecule has 0 radical (unpaired) electrons. The summed E-state index contributed by atoms with van der Waals surface area (Å²) in [5.74, 6) is 1.91. The summed E-state index contributed by atoms with van der Waals surface area (Å²) in [5.41, 5.74) is 6.53. The molecule has 4 atom stereocenters. The molecule has 2 unspecified atom stereocenters. The third kappa shape index (κ3) is 0.284. The van der Waals surface area contributed by atoms with Crippen LogP contribution in [0, 0.1) is 17.3 Å². The molecule has 0 aromatic carbocycles. The topological polar surface area (TPSA) is 26.0 Å². The van der Waals surface area contributed by atoms with Gasteiger partial charge >= 0.3 is 0 Å². The zero-order chi connectivity index (χ0) is 6.06. The van der Waals surface area contributed by atoms with Crippen molar-refractivity contribution in [1.29, 1.82) is 0 Å². The number of nitrogens with two attached hydrogens (primary N) is 1. The molecule has 1 spiro atoms. The summed E-state index contributed by atoms with van der Waals surface area (Å²) in [4.78, 5) is 0. The van der Waals surface area contributed by atoms with E-state index >= 15 is 0 Å². The van der Waals surface area contributed by atoms with Crippen LogP contribution in [0.3, 0.4) is 0 Å². The summed E-state index contributed by atoms with van der Waals surface area (Å²) in [6.45, 7) is 0. The number of hydrogen-bond acceptors (Lipinski definition) is 1. The van der Waals surface area contributed by atoms with Crippen LogP contribution in [0.1, 0.15) is 12.8 Å². The molecule has 1 nitrogen and oxygen atoms in total. The van der Waals surface area contributed by atoms with E-state index in [9.17, 15) is 0 Å². The lowest BCUT2D eigenvalue weighted by molar-refractivity contribution is 0.206. The monoisotopic (exact) mass is 121 g/mol. The van der Waals surface area contributed by atoms with E-state index in [1.807, 2.05) is 0 Å². The third-order valence-corrected chi connectivity index (χ3v) is 3.60. The zero-order valence-electron chi connectivity index (χ0n) is 5.38. The van der Waals surface area contributed by atoms with Crippen LogP contribution in [-0.4, -0.2) is 6.04 Å². The van der Waals surface area contributed by atoms with Crippen molar-refractivity contribution in [3.63, 3.8) is 0 Å². The SMILES string of the molecule is N[C@@H]1C=CC2CC3C[C@]231. The Morgan fingerprint density at radius 1 is 1.44 bits per heavy atom. The molecule has 48 valence electrons. The molecule has 1 heteroatoms. The predicted octanol–water partition coefficient (Wildman–Crippen LogP) is 0.910. The van der Waals surface area contributed by atoms with Crippen LogP contribution < -0.4 is 5.73 Å². The first-order valence-electron chi connectivity index (χ1n) is 3.78. The van der Waals surface area contributed by atoms with Gasteiger partial charge in [0, 0.05) is 6.04 Å². The second-order valence-electron chi connectivity index (χ2n) is 3.77. The molecule has 0 aliphatic heterocycles. The first kappa shape index (κ1) is 4.51. The van der Waals surface area contributed by atoms with E-state index in [-0.39, 0.29) is 0 Å². The van der Waals surface area contributed by atoms with Crippen LogP contribution in [0.4, 0.5) is 0 Å². The van der Waals surface area contributed by atoms with E-state index in [2.05, 4.69) is 12.2 Å². The second kappa shape index (κ2) is 0.988. The van der Waals surface area contributed by atoms with Crippen LogP contribution in [-0.2, 0) is 0 Å². The van der Waals surface area contributed by atoms with Gasteiger partial charge in [0.25, 0.3) is 0 Å². The van der Waals surface area contributed by atoms with E-state index in [1.54, 1.807) is 0 Å². The Morgan fingerprint density at radius 3 is 2.78 bits per heavy atom. The summed E-state index contributed by atoms with van der Waals surface area (Å²) in [6.07, 6.45) is 7.39. The molecule has 0 saturated heterocycles. The van der Waals surface area contributed by atoms with Crippen molar-refractivity contribution in [2.24, 2.45) is 23.0 Å². The van der Waals surface area contributed by atoms with Gasteiger partial charge in [0.15, 0.2) is 0 Å². The fraction of sp³-hybridized carbons (Fsp3) is 0.750. The van der Waals surface area contributed by atoms with Crippen LogP contribution in [0.2, 0.25) is 0 Å².